The zero-order valence-corrected chi connectivity index (χ0v) is 11.7. The Hall–Kier alpha value is -1.89. The molecule has 0 aliphatic carbocycles. The summed E-state index contributed by atoms with van der Waals surface area (Å²) in [5.74, 6) is 0.174. The monoisotopic (exact) mass is 300 g/mol. The molecule has 0 saturated carbocycles. The average molecular weight is 300 g/mol. The molecule has 1 aromatic carbocycles. The van der Waals surface area contributed by atoms with Crippen molar-refractivity contribution in [1.82, 2.24) is 4.90 Å². The van der Waals surface area contributed by atoms with E-state index in [1.165, 1.54) is 13.2 Å². The quantitative estimate of drug-likeness (QED) is 0.867. The lowest BCUT2D eigenvalue weighted by Crippen LogP contribution is -2.27. The van der Waals surface area contributed by atoms with Crippen molar-refractivity contribution in [3.8, 4) is 11.5 Å². The van der Waals surface area contributed by atoms with Crippen LogP contribution in [0.3, 0.4) is 0 Å². The van der Waals surface area contributed by atoms with E-state index in [9.17, 15) is 13.6 Å². The molecule has 1 aromatic rings. The standard InChI is InChI=1S/C14H18F2N2O3/c1-20-11-2-3-12(21-14(15)16)10(6-11)8-18-5-4-9(7-18)13(17)19/h2-3,6,9,14H,4-5,7-8H2,1H3,(H2,17,19)/t9-/m0/s1. The number of nitrogens with two attached hydrogens (primary N) is 1. The summed E-state index contributed by atoms with van der Waals surface area (Å²) in [5.41, 5.74) is 5.88. The Morgan fingerprint density at radius 3 is 2.86 bits per heavy atom. The summed E-state index contributed by atoms with van der Waals surface area (Å²) in [7, 11) is 1.51. The van der Waals surface area contributed by atoms with Crippen LogP contribution in [0.1, 0.15) is 12.0 Å². The van der Waals surface area contributed by atoms with E-state index in [-0.39, 0.29) is 17.6 Å². The fourth-order valence-electron chi connectivity index (χ4n) is 2.47. The molecule has 1 aliphatic rings. The number of ether oxygens (including phenoxy) is 2. The summed E-state index contributed by atoms with van der Waals surface area (Å²) >= 11 is 0. The number of primary amides is 1. The Balaban J connectivity index is 2.12. The third-order valence-electron chi connectivity index (χ3n) is 3.55. The first-order chi connectivity index (χ1) is 9.99. The molecular weight excluding hydrogens is 282 g/mol. The average Bonchev–Trinajstić information content (AvgIpc) is 2.89. The van der Waals surface area contributed by atoms with E-state index >= 15 is 0 Å². The summed E-state index contributed by atoms with van der Waals surface area (Å²) < 4.78 is 34.5. The van der Waals surface area contributed by atoms with Gasteiger partial charge in [0.05, 0.1) is 13.0 Å². The second-order valence-corrected chi connectivity index (χ2v) is 4.98. The third kappa shape index (κ3) is 4.04. The van der Waals surface area contributed by atoms with Gasteiger partial charge in [0.2, 0.25) is 5.91 Å². The summed E-state index contributed by atoms with van der Waals surface area (Å²) in [6.07, 6.45) is 0.685. The predicted molar refractivity (Wildman–Crippen MR) is 72.2 cm³/mol. The number of nitrogens with zero attached hydrogens (tertiary/aromatic N) is 1. The van der Waals surface area contributed by atoms with Crippen LogP contribution in [0.4, 0.5) is 8.78 Å². The molecule has 5 nitrogen and oxygen atoms in total. The van der Waals surface area contributed by atoms with Gasteiger partial charge in [-0.2, -0.15) is 8.78 Å². The van der Waals surface area contributed by atoms with E-state index in [0.29, 0.717) is 37.4 Å². The fraction of sp³-hybridized carbons (Fsp3) is 0.500. The van der Waals surface area contributed by atoms with Crippen molar-refractivity contribution in [2.75, 3.05) is 20.2 Å². The smallest absolute Gasteiger partial charge is 0.387 e. The second-order valence-electron chi connectivity index (χ2n) is 4.98. The fourth-order valence-corrected chi connectivity index (χ4v) is 2.47. The van der Waals surface area contributed by atoms with Crippen LogP contribution < -0.4 is 15.2 Å². The maximum Gasteiger partial charge on any atom is 0.387 e. The highest BCUT2D eigenvalue weighted by Crippen LogP contribution is 2.28. The minimum atomic E-state index is -2.88. The van der Waals surface area contributed by atoms with Gasteiger partial charge in [0, 0.05) is 18.7 Å². The number of hydrogen-bond donors (Lipinski definition) is 1. The maximum absolute atomic E-state index is 12.4. The Morgan fingerprint density at radius 1 is 1.52 bits per heavy atom. The lowest BCUT2D eigenvalue weighted by Gasteiger charge is -2.18. The van der Waals surface area contributed by atoms with Crippen molar-refractivity contribution in [1.29, 1.82) is 0 Å². The molecule has 1 atom stereocenters. The predicted octanol–water partition coefficient (Wildman–Crippen LogP) is 1.60. The largest absolute Gasteiger partial charge is 0.497 e. The van der Waals surface area contributed by atoms with Crippen molar-refractivity contribution in [3.05, 3.63) is 23.8 Å². The van der Waals surface area contributed by atoms with Crippen LogP contribution in [0, 0.1) is 5.92 Å². The van der Waals surface area contributed by atoms with Gasteiger partial charge < -0.3 is 15.2 Å². The van der Waals surface area contributed by atoms with Gasteiger partial charge in [-0.05, 0) is 31.2 Å². The zero-order chi connectivity index (χ0) is 15.4. The Labute approximate surface area is 121 Å². The van der Waals surface area contributed by atoms with Crippen LogP contribution >= 0.6 is 0 Å². The number of benzene rings is 1. The molecule has 0 radical (unpaired) electrons. The topological polar surface area (TPSA) is 64.8 Å². The van der Waals surface area contributed by atoms with Crippen LogP contribution in [0.5, 0.6) is 11.5 Å². The van der Waals surface area contributed by atoms with Gasteiger partial charge in [-0.3, -0.25) is 9.69 Å². The van der Waals surface area contributed by atoms with Crippen LogP contribution in [0.25, 0.3) is 0 Å². The first kappa shape index (κ1) is 15.5. The van der Waals surface area contributed by atoms with E-state index in [4.69, 9.17) is 10.5 Å². The van der Waals surface area contributed by atoms with Gasteiger partial charge in [-0.25, -0.2) is 0 Å². The zero-order valence-electron chi connectivity index (χ0n) is 11.7. The highest BCUT2D eigenvalue weighted by Gasteiger charge is 2.27. The number of amides is 1. The van der Waals surface area contributed by atoms with Crippen LogP contribution in [-0.4, -0.2) is 37.6 Å². The van der Waals surface area contributed by atoms with Gasteiger partial charge in [0.25, 0.3) is 0 Å². The molecule has 1 saturated heterocycles. The molecule has 0 aromatic heterocycles. The van der Waals surface area contributed by atoms with Gasteiger partial charge in [0.15, 0.2) is 0 Å². The maximum atomic E-state index is 12.4. The molecule has 1 heterocycles. The number of hydrogen-bond acceptors (Lipinski definition) is 4. The van der Waals surface area contributed by atoms with E-state index in [1.54, 1.807) is 12.1 Å². The summed E-state index contributed by atoms with van der Waals surface area (Å²) in [6.45, 7) is -1.25. The molecular formula is C14H18F2N2O3. The van der Waals surface area contributed by atoms with Gasteiger partial charge in [-0.15, -0.1) is 0 Å². The summed E-state index contributed by atoms with van der Waals surface area (Å²) in [5, 5.41) is 0. The van der Waals surface area contributed by atoms with Crippen molar-refractivity contribution >= 4 is 5.91 Å². The molecule has 2 N–H and O–H groups in total. The highest BCUT2D eigenvalue weighted by molar-refractivity contribution is 5.77. The minimum absolute atomic E-state index is 0.119. The third-order valence-corrected chi connectivity index (χ3v) is 3.55. The number of methoxy groups -OCH3 is 1. The van der Waals surface area contributed by atoms with E-state index in [1.807, 2.05) is 4.90 Å². The molecule has 0 bridgehead atoms. The number of alkyl halides is 2. The number of carbonyl (C=O) groups is 1. The van der Waals surface area contributed by atoms with Gasteiger partial charge >= 0.3 is 6.61 Å². The minimum Gasteiger partial charge on any atom is -0.497 e. The molecule has 1 amide bonds. The van der Waals surface area contributed by atoms with Crippen molar-refractivity contribution < 1.29 is 23.0 Å². The first-order valence-corrected chi connectivity index (χ1v) is 6.63. The van der Waals surface area contributed by atoms with Crippen LogP contribution in [-0.2, 0) is 11.3 Å². The van der Waals surface area contributed by atoms with E-state index < -0.39 is 6.61 Å². The summed E-state index contributed by atoms with van der Waals surface area (Å²) in [6, 6.07) is 4.69. The summed E-state index contributed by atoms with van der Waals surface area (Å²) in [4.78, 5) is 13.2. The molecule has 2 rings (SSSR count). The van der Waals surface area contributed by atoms with E-state index in [2.05, 4.69) is 4.74 Å². The number of halogens is 2. The molecule has 116 valence electrons. The Kier molecular flexibility index (Phi) is 4.95. The second kappa shape index (κ2) is 6.71. The van der Waals surface area contributed by atoms with Crippen LogP contribution in [0.15, 0.2) is 18.2 Å². The Bertz CT molecular complexity index is 511. The van der Waals surface area contributed by atoms with E-state index in [0.717, 1.165) is 0 Å². The van der Waals surface area contributed by atoms with Crippen molar-refractivity contribution in [2.45, 2.75) is 19.6 Å². The lowest BCUT2D eigenvalue weighted by atomic mass is 10.1. The molecule has 0 spiro atoms. The number of carbonyl (C=O) groups excluding carboxylic acids is 1. The molecule has 7 heteroatoms. The SMILES string of the molecule is COc1ccc(OC(F)F)c(CN2CC[C@H](C(N)=O)C2)c1. The molecule has 1 fully saturated rings. The first-order valence-electron chi connectivity index (χ1n) is 6.63. The lowest BCUT2D eigenvalue weighted by molar-refractivity contribution is -0.121. The molecule has 0 unspecified atom stereocenters. The van der Waals surface area contributed by atoms with Crippen molar-refractivity contribution in [2.24, 2.45) is 11.7 Å². The highest BCUT2D eigenvalue weighted by atomic mass is 19.3. The van der Waals surface area contributed by atoms with Gasteiger partial charge in [-0.1, -0.05) is 0 Å². The normalized spacial score (nSPS) is 19.0. The Morgan fingerprint density at radius 2 is 2.29 bits per heavy atom. The van der Waals surface area contributed by atoms with Crippen molar-refractivity contribution in [3.63, 3.8) is 0 Å². The number of likely N-dealkylation sites (tertiary alicyclic amines) is 1. The number of rotatable bonds is 6. The van der Waals surface area contributed by atoms with Gasteiger partial charge in [0.1, 0.15) is 11.5 Å². The molecule has 21 heavy (non-hydrogen) atoms. The molecule has 1 aliphatic heterocycles. The van der Waals surface area contributed by atoms with Crippen LogP contribution in [0.2, 0.25) is 0 Å².